The molecule has 4 nitrogen and oxygen atoms in total. The van der Waals surface area contributed by atoms with Crippen molar-refractivity contribution in [3.05, 3.63) is 88.2 Å². The van der Waals surface area contributed by atoms with Crippen molar-refractivity contribution in [1.82, 2.24) is 4.98 Å². The van der Waals surface area contributed by atoms with Gasteiger partial charge >= 0.3 is 0 Å². The van der Waals surface area contributed by atoms with E-state index in [9.17, 15) is 5.11 Å². The van der Waals surface area contributed by atoms with Gasteiger partial charge in [-0.1, -0.05) is 58.4 Å². The Morgan fingerprint density at radius 3 is 2.57 bits per heavy atom. The van der Waals surface area contributed by atoms with E-state index in [1.807, 2.05) is 42.5 Å². The van der Waals surface area contributed by atoms with E-state index in [2.05, 4.69) is 33.0 Å². The number of pyridine rings is 1. The van der Waals surface area contributed by atoms with E-state index in [0.717, 1.165) is 22.0 Å². The first kappa shape index (κ1) is 17.7. The van der Waals surface area contributed by atoms with Gasteiger partial charge in [-0.15, -0.1) is 0 Å². The van der Waals surface area contributed by atoms with Gasteiger partial charge in [0, 0.05) is 10.4 Å². The third kappa shape index (κ3) is 2.23. The number of hydrogen-bond donors (Lipinski definition) is 1. The first-order chi connectivity index (χ1) is 13.6. The van der Waals surface area contributed by atoms with E-state index in [0.29, 0.717) is 23.5 Å². The molecule has 1 fully saturated rings. The minimum atomic E-state index is -1.20. The van der Waals surface area contributed by atoms with Crippen LogP contribution in [0.25, 0.3) is 0 Å². The Morgan fingerprint density at radius 2 is 1.86 bits per heavy atom. The fourth-order valence-corrected chi connectivity index (χ4v) is 5.28. The zero-order valence-corrected chi connectivity index (χ0v) is 17.0. The Kier molecular flexibility index (Phi) is 4.00. The lowest BCUT2D eigenvalue weighted by Crippen LogP contribution is -2.48. The maximum absolute atomic E-state index is 12.2. The predicted molar refractivity (Wildman–Crippen MR) is 110 cm³/mol. The minimum absolute atomic E-state index is 0.00279. The van der Waals surface area contributed by atoms with Crippen LogP contribution >= 0.6 is 15.9 Å². The van der Waals surface area contributed by atoms with Crippen LogP contribution in [0, 0.1) is 0 Å². The van der Waals surface area contributed by atoms with Crippen molar-refractivity contribution in [3.8, 4) is 11.5 Å². The van der Waals surface area contributed by atoms with Crippen LogP contribution in [-0.4, -0.2) is 17.2 Å². The summed E-state index contributed by atoms with van der Waals surface area (Å²) in [5, 5.41) is 12.2. The molecule has 3 aromatic rings. The van der Waals surface area contributed by atoms with Gasteiger partial charge in [-0.3, -0.25) is 4.98 Å². The van der Waals surface area contributed by atoms with Crippen molar-refractivity contribution < 1.29 is 14.6 Å². The molecule has 5 rings (SSSR count). The Labute approximate surface area is 172 Å². The molecule has 3 atom stereocenters. The molecule has 0 bridgehead atoms. The topological polar surface area (TPSA) is 51.6 Å². The fraction of sp³-hybridized carbons (Fsp3) is 0.261. The second kappa shape index (κ2) is 6.33. The lowest BCUT2D eigenvalue weighted by molar-refractivity contribution is -0.106. The molecule has 1 aromatic heterocycles. The van der Waals surface area contributed by atoms with E-state index in [-0.39, 0.29) is 5.92 Å². The van der Waals surface area contributed by atoms with Gasteiger partial charge in [-0.2, -0.15) is 0 Å². The van der Waals surface area contributed by atoms with Gasteiger partial charge in [-0.25, -0.2) is 0 Å². The van der Waals surface area contributed by atoms with Crippen LogP contribution in [0.5, 0.6) is 11.5 Å². The van der Waals surface area contributed by atoms with Gasteiger partial charge in [0.1, 0.15) is 17.1 Å². The summed E-state index contributed by atoms with van der Waals surface area (Å²) in [7, 11) is 1.60. The third-order valence-corrected chi connectivity index (χ3v) is 6.68. The number of nitrogens with zero attached hydrogens (tertiary/aromatic N) is 1. The number of methoxy groups -OCH3 is 1. The molecule has 1 N–H and O–H groups in total. The number of rotatable bonds is 3. The molecular weight excluding hydrogens is 418 g/mol. The molecule has 1 aliphatic heterocycles. The van der Waals surface area contributed by atoms with Crippen LogP contribution < -0.4 is 9.47 Å². The van der Waals surface area contributed by atoms with Crippen molar-refractivity contribution in [1.29, 1.82) is 0 Å². The predicted octanol–water partition coefficient (Wildman–Crippen LogP) is 4.91. The van der Waals surface area contributed by atoms with Gasteiger partial charge in [0.2, 0.25) is 0 Å². The third-order valence-electron chi connectivity index (χ3n) is 6.16. The highest BCUT2D eigenvalue weighted by molar-refractivity contribution is 9.10. The quantitative estimate of drug-likeness (QED) is 0.632. The molecule has 0 spiro atoms. The first-order valence-electron chi connectivity index (χ1n) is 9.35. The smallest absolute Gasteiger partial charge is 0.174 e. The second-order valence-electron chi connectivity index (χ2n) is 7.42. The summed E-state index contributed by atoms with van der Waals surface area (Å²) in [5.41, 5.74) is 0.661. The Balaban J connectivity index is 1.78. The Morgan fingerprint density at radius 1 is 1.11 bits per heavy atom. The van der Waals surface area contributed by atoms with Crippen molar-refractivity contribution >= 4 is 15.9 Å². The summed E-state index contributed by atoms with van der Waals surface area (Å²) >= 11 is 3.52. The van der Waals surface area contributed by atoms with E-state index in [1.54, 1.807) is 19.5 Å². The number of ether oxygens (including phenoxy) is 2. The summed E-state index contributed by atoms with van der Waals surface area (Å²) in [6.45, 7) is 0. The average molecular weight is 438 g/mol. The van der Waals surface area contributed by atoms with E-state index >= 15 is 0 Å². The van der Waals surface area contributed by atoms with Crippen LogP contribution in [-0.2, 0) is 11.2 Å². The normalized spacial score (nSPS) is 27.8. The molecule has 1 saturated carbocycles. The van der Waals surface area contributed by atoms with Crippen LogP contribution in [0.15, 0.2) is 71.5 Å². The average Bonchev–Trinajstić information content (AvgIpc) is 3.16. The highest BCUT2D eigenvalue weighted by Crippen LogP contribution is 2.67. The molecule has 2 aliphatic rings. The SMILES string of the molecule is COc1cncc2c1[C@]1(O)CCC(c3ccccc3)C1(c1ccc(Br)cc1)O2. The van der Waals surface area contributed by atoms with E-state index < -0.39 is 11.2 Å². The molecule has 0 amide bonds. The summed E-state index contributed by atoms with van der Waals surface area (Å²) < 4.78 is 13.2. The van der Waals surface area contributed by atoms with Gasteiger partial charge in [0.15, 0.2) is 5.60 Å². The van der Waals surface area contributed by atoms with Gasteiger partial charge in [0.25, 0.3) is 0 Å². The fourth-order valence-electron chi connectivity index (χ4n) is 5.02. The van der Waals surface area contributed by atoms with Gasteiger partial charge in [-0.05, 0) is 36.1 Å². The standard InChI is InChI=1S/C23H20BrNO3/c1-27-19-13-25-14-20-21(19)22(26)12-11-18(15-5-3-2-4-6-15)23(22,28-20)16-7-9-17(24)10-8-16/h2-10,13-14,18,26H,11-12H2,1H3/t18?,22-,23?/m1/s1. The molecule has 2 unspecified atom stereocenters. The number of benzene rings is 2. The summed E-state index contributed by atoms with van der Waals surface area (Å²) in [6.07, 6.45) is 4.71. The monoisotopic (exact) mass is 437 g/mol. The number of halogens is 1. The van der Waals surface area contributed by atoms with Crippen molar-refractivity contribution in [3.63, 3.8) is 0 Å². The largest absolute Gasteiger partial charge is 0.495 e. The lowest BCUT2D eigenvalue weighted by Gasteiger charge is -2.40. The molecule has 0 saturated heterocycles. The molecule has 1 aliphatic carbocycles. The van der Waals surface area contributed by atoms with Crippen LogP contribution in [0.3, 0.4) is 0 Å². The molecule has 28 heavy (non-hydrogen) atoms. The summed E-state index contributed by atoms with van der Waals surface area (Å²) in [5.74, 6) is 1.15. The second-order valence-corrected chi connectivity index (χ2v) is 8.34. The van der Waals surface area contributed by atoms with Crippen LogP contribution in [0.1, 0.15) is 35.4 Å². The van der Waals surface area contributed by atoms with Crippen LogP contribution in [0.4, 0.5) is 0 Å². The molecule has 142 valence electrons. The Hall–Kier alpha value is -2.37. The molecule has 5 heteroatoms. The number of hydrogen-bond acceptors (Lipinski definition) is 4. The number of fused-ring (bicyclic) bond motifs is 3. The van der Waals surface area contributed by atoms with E-state index in [4.69, 9.17) is 9.47 Å². The summed E-state index contributed by atoms with van der Waals surface area (Å²) in [6, 6.07) is 18.3. The van der Waals surface area contributed by atoms with Crippen molar-refractivity contribution in [2.45, 2.75) is 30.0 Å². The highest BCUT2D eigenvalue weighted by Gasteiger charge is 2.69. The zero-order valence-electron chi connectivity index (χ0n) is 15.4. The molecule has 0 radical (unpaired) electrons. The molecule has 2 heterocycles. The number of aliphatic hydroxyl groups is 1. The maximum Gasteiger partial charge on any atom is 0.174 e. The lowest BCUT2D eigenvalue weighted by atomic mass is 9.72. The molecular formula is C23H20BrNO3. The molecule has 2 aromatic carbocycles. The Bertz CT molecular complexity index is 1020. The zero-order chi connectivity index (χ0) is 19.4. The van der Waals surface area contributed by atoms with Crippen LogP contribution in [0.2, 0.25) is 0 Å². The first-order valence-corrected chi connectivity index (χ1v) is 10.1. The van der Waals surface area contributed by atoms with Gasteiger partial charge in [0.05, 0.1) is 25.1 Å². The number of aromatic nitrogens is 1. The van der Waals surface area contributed by atoms with Gasteiger partial charge < -0.3 is 14.6 Å². The van der Waals surface area contributed by atoms with Crippen molar-refractivity contribution in [2.24, 2.45) is 0 Å². The maximum atomic E-state index is 12.2. The minimum Gasteiger partial charge on any atom is -0.495 e. The highest BCUT2D eigenvalue weighted by atomic mass is 79.9. The summed E-state index contributed by atoms with van der Waals surface area (Å²) in [4.78, 5) is 4.25. The van der Waals surface area contributed by atoms with E-state index in [1.165, 1.54) is 0 Å². The van der Waals surface area contributed by atoms with Crippen molar-refractivity contribution in [2.75, 3.05) is 7.11 Å².